The van der Waals surface area contributed by atoms with Crippen molar-refractivity contribution in [2.75, 3.05) is 6.54 Å². The lowest BCUT2D eigenvalue weighted by molar-refractivity contribution is 0.304. The van der Waals surface area contributed by atoms with Crippen molar-refractivity contribution in [1.29, 1.82) is 0 Å². The maximum absolute atomic E-state index is 5.83. The number of aromatic nitrogens is 2. The van der Waals surface area contributed by atoms with Gasteiger partial charge in [-0.2, -0.15) is 0 Å². The molecular formula is C14H18ClN3OS. The number of benzene rings is 1. The van der Waals surface area contributed by atoms with Crippen LogP contribution in [0.25, 0.3) is 0 Å². The zero-order chi connectivity index (χ0) is 14.4. The van der Waals surface area contributed by atoms with Crippen molar-refractivity contribution in [3.05, 3.63) is 39.3 Å². The summed E-state index contributed by atoms with van der Waals surface area (Å²) in [7, 11) is 0. The quantitative estimate of drug-likeness (QED) is 0.844. The minimum Gasteiger partial charge on any atom is -0.486 e. The molecule has 0 saturated carbocycles. The zero-order valence-electron chi connectivity index (χ0n) is 11.6. The lowest BCUT2D eigenvalue weighted by atomic mass is 10.3. The Morgan fingerprint density at radius 1 is 1.30 bits per heavy atom. The van der Waals surface area contributed by atoms with Gasteiger partial charge in [0.2, 0.25) is 0 Å². The van der Waals surface area contributed by atoms with E-state index in [4.69, 9.17) is 16.3 Å². The summed E-state index contributed by atoms with van der Waals surface area (Å²) >= 11 is 7.40. The highest BCUT2D eigenvalue weighted by atomic mass is 35.5. The number of hydrogen-bond donors (Lipinski definition) is 1. The van der Waals surface area contributed by atoms with Gasteiger partial charge in [0.25, 0.3) is 0 Å². The van der Waals surface area contributed by atoms with Crippen LogP contribution in [0.5, 0.6) is 5.75 Å². The molecular weight excluding hydrogens is 294 g/mol. The van der Waals surface area contributed by atoms with E-state index in [-0.39, 0.29) is 6.04 Å². The van der Waals surface area contributed by atoms with E-state index in [1.54, 1.807) is 23.5 Å². The fourth-order valence-electron chi connectivity index (χ4n) is 1.62. The Hall–Kier alpha value is -1.17. The smallest absolute Gasteiger partial charge is 0.155 e. The van der Waals surface area contributed by atoms with Crippen molar-refractivity contribution in [1.82, 2.24) is 15.5 Å². The van der Waals surface area contributed by atoms with Crippen molar-refractivity contribution in [2.24, 2.45) is 0 Å². The van der Waals surface area contributed by atoms with Crippen LogP contribution in [0.2, 0.25) is 5.02 Å². The Kier molecular flexibility index (Phi) is 5.76. The van der Waals surface area contributed by atoms with Gasteiger partial charge < -0.3 is 10.1 Å². The van der Waals surface area contributed by atoms with Gasteiger partial charge >= 0.3 is 0 Å². The van der Waals surface area contributed by atoms with Gasteiger partial charge in [-0.3, -0.25) is 0 Å². The molecule has 2 rings (SSSR count). The first-order valence-corrected chi connectivity index (χ1v) is 7.82. The number of hydrogen-bond acceptors (Lipinski definition) is 5. The molecule has 0 radical (unpaired) electrons. The Bertz CT molecular complexity index is 529. The Labute approximate surface area is 128 Å². The normalized spacial score (nSPS) is 12.3. The highest BCUT2D eigenvalue weighted by Gasteiger charge is 2.11. The van der Waals surface area contributed by atoms with Crippen LogP contribution in [0.4, 0.5) is 0 Å². The monoisotopic (exact) mass is 311 g/mol. The Morgan fingerprint density at radius 2 is 2.05 bits per heavy atom. The standard InChI is InChI=1S/C14H18ClN3OS/c1-3-8-16-10(2)14-18-17-13(20-14)9-19-12-6-4-11(15)5-7-12/h4-7,10,16H,3,8-9H2,1-2H3. The summed E-state index contributed by atoms with van der Waals surface area (Å²) in [5.41, 5.74) is 0. The van der Waals surface area contributed by atoms with Crippen LogP contribution in [0.1, 0.15) is 36.3 Å². The average molecular weight is 312 g/mol. The second-order valence-corrected chi connectivity index (χ2v) is 5.98. The van der Waals surface area contributed by atoms with E-state index in [1.165, 1.54) is 0 Å². The highest BCUT2D eigenvalue weighted by molar-refractivity contribution is 7.11. The Morgan fingerprint density at radius 3 is 2.75 bits per heavy atom. The molecule has 1 unspecified atom stereocenters. The minimum absolute atomic E-state index is 0.233. The minimum atomic E-state index is 0.233. The summed E-state index contributed by atoms with van der Waals surface area (Å²) in [5, 5.41) is 14.3. The molecule has 0 aliphatic rings. The molecule has 0 amide bonds. The number of nitrogens with zero attached hydrogens (tertiary/aromatic N) is 2. The molecule has 0 aliphatic heterocycles. The summed E-state index contributed by atoms with van der Waals surface area (Å²) in [6, 6.07) is 7.53. The molecule has 0 bridgehead atoms. The van der Waals surface area contributed by atoms with Crippen LogP contribution in [-0.4, -0.2) is 16.7 Å². The van der Waals surface area contributed by atoms with Crippen LogP contribution < -0.4 is 10.1 Å². The molecule has 2 aromatic rings. The number of ether oxygens (including phenoxy) is 1. The summed E-state index contributed by atoms with van der Waals surface area (Å²) in [6.45, 7) is 5.66. The third kappa shape index (κ3) is 4.44. The second-order valence-electron chi connectivity index (χ2n) is 4.45. The maximum Gasteiger partial charge on any atom is 0.155 e. The molecule has 1 aromatic heterocycles. The highest BCUT2D eigenvalue weighted by Crippen LogP contribution is 2.20. The molecule has 1 N–H and O–H groups in total. The molecule has 0 spiro atoms. The van der Waals surface area contributed by atoms with Gasteiger partial charge in [0.1, 0.15) is 17.4 Å². The first-order chi connectivity index (χ1) is 9.69. The van der Waals surface area contributed by atoms with Crippen LogP contribution >= 0.6 is 22.9 Å². The molecule has 1 aromatic carbocycles. The van der Waals surface area contributed by atoms with Gasteiger partial charge in [0, 0.05) is 5.02 Å². The van der Waals surface area contributed by atoms with E-state index in [1.807, 2.05) is 12.1 Å². The summed E-state index contributed by atoms with van der Waals surface area (Å²) in [6.07, 6.45) is 1.11. The molecule has 1 heterocycles. The SMILES string of the molecule is CCCNC(C)c1nnc(COc2ccc(Cl)cc2)s1. The third-order valence-electron chi connectivity index (χ3n) is 2.73. The van der Waals surface area contributed by atoms with Crippen molar-refractivity contribution in [3.8, 4) is 5.75 Å². The molecule has 20 heavy (non-hydrogen) atoms. The van der Waals surface area contributed by atoms with Gasteiger partial charge in [-0.25, -0.2) is 0 Å². The van der Waals surface area contributed by atoms with Crippen molar-refractivity contribution >= 4 is 22.9 Å². The maximum atomic E-state index is 5.83. The zero-order valence-corrected chi connectivity index (χ0v) is 13.2. The van der Waals surface area contributed by atoms with E-state index in [0.717, 1.165) is 28.7 Å². The summed E-state index contributed by atoms with van der Waals surface area (Å²) < 4.78 is 5.65. The Balaban J connectivity index is 1.87. The van der Waals surface area contributed by atoms with E-state index in [0.29, 0.717) is 11.6 Å². The molecule has 108 valence electrons. The van der Waals surface area contributed by atoms with Crippen LogP contribution in [0.15, 0.2) is 24.3 Å². The fraction of sp³-hybridized carbons (Fsp3) is 0.429. The largest absolute Gasteiger partial charge is 0.486 e. The van der Waals surface area contributed by atoms with E-state index in [9.17, 15) is 0 Å². The molecule has 0 aliphatic carbocycles. The van der Waals surface area contributed by atoms with Gasteiger partial charge in [-0.05, 0) is 44.2 Å². The summed E-state index contributed by atoms with van der Waals surface area (Å²) in [5.74, 6) is 0.781. The molecule has 0 fully saturated rings. The van der Waals surface area contributed by atoms with Crippen molar-refractivity contribution in [3.63, 3.8) is 0 Å². The molecule has 6 heteroatoms. The van der Waals surface area contributed by atoms with Crippen LogP contribution in [0.3, 0.4) is 0 Å². The van der Waals surface area contributed by atoms with Gasteiger partial charge in [0.15, 0.2) is 5.01 Å². The van der Waals surface area contributed by atoms with Crippen molar-refractivity contribution in [2.45, 2.75) is 32.9 Å². The average Bonchev–Trinajstić information content (AvgIpc) is 2.93. The van der Waals surface area contributed by atoms with Crippen LogP contribution in [0, 0.1) is 0 Å². The summed E-state index contributed by atoms with van der Waals surface area (Å²) in [4.78, 5) is 0. The van der Waals surface area contributed by atoms with Gasteiger partial charge in [-0.1, -0.05) is 29.9 Å². The fourth-order valence-corrected chi connectivity index (χ4v) is 2.53. The lowest BCUT2D eigenvalue weighted by Gasteiger charge is -2.08. The first-order valence-electron chi connectivity index (χ1n) is 6.63. The molecule has 0 saturated heterocycles. The first kappa shape index (κ1) is 15.2. The number of nitrogens with one attached hydrogen (secondary N) is 1. The predicted octanol–water partition coefficient (Wildman–Crippen LogP) is 3.83. The number of rotatable bonds is 7. The van der Waals surface area contributed by atoms with E-state index < -0.39 is 0 Å². The second kappa shape index (κ2) is 7.57. The third-order valence-corrected chi connectivity index (χ3v) is 4.06. The predicted molar refractivity (Wildman–Crippen MR) is 82.4 cm³/mol. The van der Waals surface area contributed by atoms with E-state index in [2.05, 4.69) is 29.4 Å². The van der Waals surface area contributed by atoms with Crippen LogP contribution in [-0.2, 0) is 6.61 Å². The van der Waals surface area contributed by atoms with Gasteiger partial charge in [-0.15, -0.1) is 10.2 Å². The number of halogens is 1. The molecule has 1 atom stereocenters. The molecule has 4 nitrogen and oxygen atoms in total. The van der Waals surface area contributed by atoms with E-state index >= 15 is 0 Å². The topological polar surface area (TPSA) is 47.0 Å². The van der Waals surface area contributed by atoms with Gasteiger partial charge in [0.05, 0.1) is 6.04 Å². The van der Waals surface area contributed by atoms with Crippen molar-refractivity contribution < 1.29 is 4.74 Å². The lowest BCUT2D eigenvalue weighted by Crippen LogP contribution is -2.19.